The summed E-state index contributed by atoms with van der Waals surface area (Å²) < 4.78 is 0. The van der Waals surface area contributed by atoms with Gasteiger partial charge in [0.25, 0.3) is 0 Å². The Morgan fingerprint density at radius 1 is 1.56 bits per heavy atom. The smallest absolute Gasteiger partial charge is 0.129 e. The van der Waals surface area contributed by atoms with Crippen molar-refractivity contribution >= 4 is 11.6 Å². The molecule has 3 nitrogen and oxygen atoms in total. The molecule has 0 saturated carbocycles. The fraction of sp³-hybridized carbons (Fsp3) is 0.583. The van der Waals surface area contributed by atoms with Crippen LogP contribution in [0.4, 0.5) is 0 Å². The molecule has 0 spiro atoms. The van der Waals surface area contributed by atoms with Crippen LogP contribution in [0.25, 0.3) is 0 Å². The molecule has 0 aliphatic carbocycles. The second kappa shape index (κ2) is 5.13. The lowest BCUT2D eigenvalue weighted by atomic mass is 9.96. The number of rotatable bonds is 2. The largest absolute Gasteiger partial charge is 0.392 e. The molecule has 1 aromatic rings. The highest BCUT2D eigenvalue weighted by molar-refractivity contribution is 6.29. The number of aromatic nitrogens is 1. The van der Waals surface area contributed by atoms with Crippen molar-refractivity contribution in [3.8, 4) is 0 Å². The molecule has 2 rings (SSSR count). The molecule has 2 atom stereocenters. The molecule has 1 aliphatic rings. The fourth-order valence-electron chi connectivity index (χ4n) is 2.03. The maximum Gasteiger partial charge on any atom is 0.129 e. The highest BCUT2D eigenvalue weighted by Crippen LogP contribution is 2.18. The molecule has 88 valence electrons. The van der Waals surface area contributed by atoms with Crippen molar-refractivity contribution < 1.29 is 5.11 Å². The highest BCUT2D eigenvalue weighted by atomic mass is 35.5. The number of nitrogens with zero attached hydrogens (tertiary/aromatic N) is 2. The molecule has 2 unspecified atom stereocenters. The van der Waals surface area contributed by atoms with Crippen LogP contribution in [0.1, 0.15) is 19.0 Å². The summed E-state index contributed by atoms with van der Waals surface area (Å²) in [5.74, 6) is 0.406. The molecular weight excluding hydrogens is 224 g/mol. The van der Waals surface area contributed by atoms with Gasteiger partial charge in [0.15, 0.2) is 0 Å². The van der Waals surface area contributed by atoms with Gasteiger partial charge in [-0.2, -0.15) is 0 Å². The van der Waals surface area contributed by atoms with Crippen molar-refractivity contribution in [1.82, 2.24) is 9.88 Å². The molecule has 1 saturated heterocycles. The number of aliphatic hydroxyl groups is 1. The highest BCUT2D eigenvalue weighted by Gasteiger charge is 2.24. The van der Waals surface area contributed by atoms with Gasteiger partial charge in [0.1, 0.15) is 5.15 Å². The van der Waals surface area contributed by atoms with Gasteiger partial charge in [-0.3, -0.25) is 4.90 Å². The third-order valence-corrected chi connectivity index (χ3v) is 3.37. The average molecular weight is 241 g/mol. The van der Waals surface area contributed by atoms with E-state index in [2.05, 4.69) is 16.8 Å². The van der Waals surface area contributed by atoms with Gasteiger partial charge < -0.3 is 5.11 Å². The lowest BCUT2D eigenvalue weighted by Gasteiger charge is -2.33. The van der Waals surface area contributed by atoms with Gasteiger partial charge in [0.2, 0.25) is 0 Å². The van der Waals surface area contributed by atoms with Gasteiger partial charge in [-0.15, -0.1) is 0 Å². The molecular formula is C12H17ClN2O. The van der Waals surface area contributed by atoms with Crippen molar-refractivity contribution in [2.24, 2.45) is 5.92 Å². The second-order valence-corrected chi connectivity index (χ2v) is 4.91. The van der Waals surface area contributed by atoms with E-state index < -0.39 is 0 Å². The van der Waals surface area contributed by atoms with Gasteiger partial charge in [0.05, 0.1) is 11.8 Å². The monoisotopic (exact) mass is 240 g/mol. The normalized spacial score (nSPS) is 26.9. The molecule has 1 fully saturated rings. The zero-order valence-corrected chi connectivity index (χ0v) is 10.2. The molecule has 0 bridgehead atoms. The number of β-amino-alcohol motifs (C(OH)–C–C–N with tert-alkyl or cyclic N) is 1. The Hall–Kier alpha value is -0.640. The summed E-state index contributed by atoms with van der Waals surface area (Å²) in [5, 5.41) is 10.3. The third-order valence-electron chi connectivity index (χ3n) is 3.16. The molecule has 1 aliphatic heterocycles. The molecule has 2 heterocycles. The quantitative estimate of drug-likeness (QED) is 0.803. The minimum atomic E-state index is -0.215. The summed E-state index contributed by atoms with van der Waals surface area (Å²) in [7, 11) is 0. The molecule has 0 amide bonds. The van der Waals surface area contributed by atoms with E-state index in [4.69, 9.17) is 11.6 Å². The number of hydrogen-bond donors (Lipinski definition) is 1. The van der Waals surface area contributed by atoms with Gasteiger partial charge in [-0.1, -0.05) is 24.6 Å². The van der Waals surface area contributed by atoms with Crippen LogP contribution in [0.3, 0.4) is 0 Å². The Morgan fingerprint density at radius 2 is 2.38 bits per heavy atom. The van der Waals surface area contributed by atoms with Crippen molar-refractivity contribution in [3.05, 3.63) is 29.0 Å². The van der Waals surface area contributed by atoms with Crippen LogP contribution < -0.4 is 0 Å². The van der Waals surface area contributed by atoms with Crippen LogP contribution in [-0.4, -0.2) is 34.2 Å². The lowest BCUT2D eigenvalue weighted by Crippen LogP contribution is -2.42. The van der Waals surface area contributed by atoms with Gasteiger partial charge >= 0.3 is 0 Å². The van der Waals surface area contributed by atoms with E-state index >= 15 is 0 Å². The predicted molar refractivity (Wildman–Crippen MR) is 64.3 cm³/mol. The first kappa shape index (κ1) is 11.8. The number of halogens is 1. The maximum absolute atomic E-state index is 9.79. The number of piperidine rings is 1. The second-order valence-electron chi connectivity index (χ2n) is 4.52. The summed E-state index contributed by atoms with van der Waals surface area (Å²) in [6.45, 7) is 4.62. The van der Waals surface area contributed by atoms with Crippen LogP contribution in [-0.2, 0) is 6.54 Å². The lowest BCUT2D eigenvalue weighted by molar-refractivity contribution is 0.0254. The Bertz CT molecular complexity index is 359. The first-order valence-electron chi connectivity index (χ1n) is 5.67. The van der Waals surface area contributed by atoms with Gasteiger partial charge in [-0.25, -0.2) is 4.98 Å². The summed E-state index contributed by atoms with van der Waals surface area (Å²) >= 11 is 5.84. The van der Waals surface area contributed by atoms with E-state index in [-0.39, 0.29) is 6.10 Å². The first-order valence-corrected chi connectivity index (χ1v) is 6.05. The van der Waals surface area contributed by atoms with E-state index in [1.54, 1.807) is 6.07 Å². The van der Waals surface area contributed by atoms with E-state index in [9.17, 15) is 5.11 Å². The Morgan fingerprint density at radius 3 is 3.06 bits per heavy atom. The number of pyridine rings is 1. The van der Waals surface area contributed by atoms with Crippen LogP contribution in [0, 0.1) is 5.92 Å². The topological polar surface area (TPSA) is 36.4 Å². The fourth-order valence-corrected chi connectivity index (χ4v) is 2.21. The van der Waals surface area contributed by atoms with E-state index in [1.807, 2.05) is 12.1 Å². The zero-order chi connectivity index (χ0) is 11.5. The Balaban J connectivity index is 1.95. The standard InChI is InChI=1S/C12H17ClN2O/c1-9-5-6-15(8-11(9)16)7-10-3-2-4-12(13)14-10/h2-4,9,11,16H,5-8H2,1H3. The number of likely N-dealkylation sites (tertiary alicyclic amines) is 1. The van der Waals surface area contributed by atoms with E-state index in [0.717, 1.165) is 31.7 Å². The Kier molecular flexibility index (Phi) is 3.79. The van der Waals surface area contributed by atoms with Gasteiger partial charge in [0, 0.05) is 13.1 Å². The third kappa shape index (κ3) is 2.94. The van der Waals surface area contributed by atoms with Crippen LogP contribution >= 0.6 is 11.6 Å². The van der Waals surface area contributed by atoms with E-state index in [0.29, 0.717) is 11.1 Å². The van der Waals surface area contributed by atoms with Crippen LogP contribution in [0.5, 0.6) is 0 Å². The molecule has 1 N–H and O–H groups in total. The summed E-state index contributed by atoms with van der Waals surface area (Å²) in [4.78, 5) is 6.48. The predicted octanol–water partition coefficient (Wildman–Crippen LogP) is 1.94. The molecule has 0 aromatic carbocycles. The minimum Gasteiger partial charge on any atom is -0.392 e. The number of aliphatic hydroxyl groups excluding tert-OH is 1. The van der Waals surface area contributed by atoms with Crippen molar-refractivity contribution in [2.45, 2.75) is 26.0 Å². The molecule has 0 radical (unpaired) electrons. The van der Waals surface area contributed by atoms with E-state index in [1.165, 1.54) is 0 Å². The number of hydrogen-bond acceptors (Lipinski definition) is 3. The van der Waals surface area contributed by atoms with Crippen molar-refractivity contribution in [2.75, 3.05) is 13.1 Å². The summed E-state index contributed by atoms with van der Waals surface area (Å²) in [6, 6.07) is 5.65. The summed E-state index contributed by atoms with van der Waals surface area (Å²) in [5.41, 5.74) is 0.967. The minimum absolute atomic E-state index is 0.215. The van der Waals surface area contributed by atoms with Crippen molar-refractivity contribution in [3.63, 3.8) is 0 Å². The average Bonchev–Trinajstić information content (AvgIpc) is 2.24. The van der Waals surface area contributed by atoms with Crippen LogP contribution in [0.15, 0.2) is 18.2 Å². The van der Waals surface area contributed by atoms with Crippen molar-refractivity contribution in [1.29, 1.82) is 0 Å². The SMILES string of the molecule is CC1CCN(Cc2cccc(Cl)n2)CC1O. The van der Waals surface area contributed by atoms with Gasteiger partial charge in [-0.05, 0) is 31.0 Å². The molecule has 1 aromatic heterocycles. The Labute approximate surface area is 101 Å². The van der Waals surface area contributed by atoms with Crippen LogP contribution in [0.2, 0.25) is 5.15 Å². The molecule has 4 heteroatoms. The maximum atomic E-state index is 9.79. The molecule has 16 heavy (non-hydrogen) atoms. The summed E-state index contributed by atoms with van der Waals surface area (Å²) in [6.07, 6.45) is 0.829. The zero-order valence-electron chi connectivity index (χ0n) is 9.43. The first-order chi connectivity index (χ1) is 7.65.